The summed E-state index contributed by atoms with van der Waals surface area (Å²) in [5, 5.41) is 0. The molecule has 0 saturated heterocycles. The van der Waals surface area contributed by atoms with Crippen molar-refractivity contribution in [2.45, 2.75) is 9.79 Å². The molecule has 2 rings (SSSR count). The van der Waals surface area contributed by atoms with Gasteiger partial charge in [-0.1, -0.05) is 0 Å². The minimum atomic E-state index is -6.36. The third-order valence-electron chi connectivity index (χ3n) is 3.67. The smallest absolute Gasteiger partial charge is 0.398 e. The van der Waals surface area contributed by atoms with E-state index in [9.17, 15) is 51.2 Å². The van der Waals surface area contributed by atoms with E-state index >= 15 is 0 Å². The average Bonchev–Trinajstić information content (AvgIpc) is 2.60. The predicted octanol–water partition coefficient (Wildman–Crippen LogP) is -1.12. The minimum Gasteiger partial charge on any atom is -0.398 e. The van der Waals surface area contributed by atoms with Crippen molar-refractivity contribution >= 4 is 71.6 Å². The highest BCUT2D eigenvalue weighted by Crippen LogP contribution is 2.37. The Morgan fingerprint density at radius 2 is 1.00 bits per heavy atom. The highest BCUT2D eigenvalue weighted by atomic mass is 33.2. The van der Waals surface area contributed by atoms with E-state index in [2.05, 4.69) is 3.63 Å². The van der Waals surface area contributed by atoms with Crippen LogP contribution >= 0.6 is 0 Å². The van der Waals surface area contributed by atoms with Crippen LogP contribution in [0.25, 0.3) is 0 Å². The van der Waals surface area contributed by atoms with E-state index in [-0.39, 0.29) is 4.31 Å². The van der Waals surface area contributed by atoms with Gasteiger partial charge in [0.15, 0.2) is 0 Å². The lowest BCUT2D eigenvalue weighted by molar-refractivity contribution is 0.387. The lowest BCUT2D eigenvalue weighted by Crippen LogP contribution is -2.35. The fourth-order valence-corrected chi connectivity index (χ4v) is 8.03. The van der Waals surface area contributed by atoms with Gasteiger partial charge in [0.25, 0.3) is 20.2 Å². The molecule has 0 aromatic heterocycles. The van der Waals surface area contributed by atoms with Gasteiger partial charge in [-0.05, 0) is 36.4 Å². The summed E-state index contributed by atoms with van der Waals surface area (Å²) in [7, 11) is -28.8. The fraction of sp³-hybridized carbons (Fsp3) is 0. The van der Waals surface area contributed by atoms with Crippen molar-refractivity contribution in [3.05, 3.63) is 36.4 Å². The highest BCUT2D eigenvalue weighted by Gasteiger charge is 2.43. The van der Waals surface area contributed by atoms with E-state index in [1.54, 1.807) is 0 Å². The first-order chi connectivity index (χ1) is 15.1. The lowest BCUT2D eigenvalue weighted by Gasteiger charge is -2.24. The average molecular weight is 584 g/mol. The first-order valence-electron chi connectivity index (χ1n) is 7.81. The molecule has 0 heterocycles. The second kappa shape index (κ2) is 8.58. The molecule has 2 aromatic rings. The van der Waals surface area contributed by atoms with E-state index in [0.29, 0.717) is 36.4 Å². The summed E-state index contributed by atoms with van der Waals surface area (Å²) in [5.74, 6) is 0. The van der Waals surface area contributed by atoms with Gasteiger partial charge in [0.2, 0.25) is 0 Å². The largest absolute Gasteiger partial charge is 0.412 e. The molecular formula is C12H13N3O14S5. The topological polar surface area (TPSA) is 296 Å². The van der Waals surface area contributed by atoms with Crippen LogP contribution in [0.15, 0.2) is 46.2 Å². The van der Waals surface area contributed by atoms with Crippen molar-refractivity contribution in [2.75, 3.05) is 15.8 Å². The van der Waals surface area contributed by atoms with Gasteiger partial charge in [-0.2, -0.15) is 42.1 Å². The van der Waals surface area contributed by atoms with Crippen molar-refractivity contribution in [3.63, 3.8) is 0 Å². The molecule has 190 valence electrons. The maximum Gasteiger partial charge on any atom is 0.412 e. The molecule has 0 unspecified atom stereocenters. The molecule has 22 heteroatoms. The first-order valence-corrected chi connectivity index (χ1v) is 15.4. The van der Waals surface area contributed by atoms with Crippen molar-refractivity contribution in [3.8, 4) is 0 Å². The van der Waals surface area contributed by atoms with Crippen LogP contribution in [0, 0.1) is 0 Å². The Hall–Kier alpha value is -2.57. The Bertz CT molecular complexity index is 1610. The third kappa shape index (κ3) is 5.73. The van der Waals surface area contributed by atoms with Gasteiger partial charge >= 0.3 is 28.6 Å². The molecule has 0 bridgehead atoms. The first kappa shape index (κ1) is 27.7. The molecule has 0 amide bonds. The molecule has 0 aliphatic carbocycles. The van der Waals surface area contributed by atoms with Gasteiger partial charge in [-0.15, -0.1) is 3.63 Å². The second-order valence-electron chi connectivity index (χ2n) is 6.02. The van der Waals surface area contributed by atoms with Crippen LogP contribution in [0.5, 0.6) is 0 Å². The molecule has 2 aromatic carbocycles. The monoisotopic (exact) mass is 583 g/mol. The molecule has 0 atom stereocenters. The normalized spacial score (nSPS) is 13.5. The molecular weight excluding hydrogens is 570 g/mol. The van der Waals surface area contributed by atoms with Crippen LogP contribution in [0.4, 0.5) is 22.7 Å². The number of nitrogen functional groups attached to an aromatic ring is 2. The second-order valence-corrected chi connectivity index (χ2v) is 14.7. The predicted molar refractivity (Wildman–Crippen MR) is 114 cm³/mol. The number of hydrogen-bond acceptors (Lipinski definition) is 13. The summed E-state index contributed by atoms with van der Waals surface area (Å²) >= 11 is 0. The van der Waals surface area contributed by atoms with Crippen molar-refractivity contribution in [1.82, 2.24) is 0 Å². The fourth-order valence-electron chi connectivity index (χ4n) is 2.38. The van der Waals surface area contributed by atoms with Gasteiger partial charge in [0.05, 0.1) is 22.7 Å². The molecule has 0 aliphatic heterocycles. The van der Waals surface area contributed by atoms with Crippen LogP contribution in [0.1, 0.15) is 0 Å². The number of hydrogen-bond donors (Lipinski definition) is 5. The van der Waals surface area contributed by atoms with Crippen LogP contribution in [0.3, 0.4) is 0 Å². The quantitative estimate of drug-likeness (QED) is 0.139. The van der Waals surface area contributed by atoms with Crippen LogP contribution < -0.4 is 15.8 Å². The molecule has 17 nitrogen and oxygen atoms in total. The molecule has 0 fully saturated rings. The summed E-state index contributed by atoms with van der Waals surface area (Å²) < 4.78 is 148. The summed E-state index contributed by atoms with van der Waals surface area (Å²) in [5.41, 5.74) is 7.57. The standard InChI is InChI=1S/C12H13N3O14S5/c13-9-3-1-7(5-11(9)30(16,17)18)15(32(22,23)34(27,28)29-33(24,25)26)8-2-4-10(14)12(6-8)31(19,20)21/h1-6H,13-14H2,(H,16,17,18)(H,19,20,21)(H,24,25,26). The Morgan fingerprint density at radius 3 is 1.29 bits per heavy atom. The highest BCUT2D eigenvalue weighted by molar-refractivity contribution is 8.66. The minimum absolute atomic E-state index is 0.328. The zero-order valence-electron chi connectivity index (χ0n) is 15.9. The Morgan fingerprint density at radius 1 is 0.647 bits per heavy atom. The summed E-state index contributed by atoms with van der Waals surface area (Å²) in [6, 6.07) is 3.39. The number of benzene rings is 2. The van der Waals surface area contributed by atoms with Gasteiger partial charge in [0, 0.05) is 0 Å². The van der Waals surface area contributed by atoms with Crippen molar-refractivity contribution < 1.29 is 59.4 Å². The van der Waals surface area contributed by atoms with E-state index in [1.165, 1.54) is 0 Å². The van der Waals surface area contributed by atoms with E-state index in [4.69, 9.17) is 16.0 Å². The maximum absolute atomic E-state index is 12.9. The number of nitrogens with zero attached hydrogens (tertiary/aromatic N) is 1. The molecule has 34 heavy (non-hydrogen) atoms. The van der Waals surface area contributed by atoms with Gasteiger partial charge < -0.3 is 11.5 Å². The Kier molecular flexibility index (Phi) is 6.98. The SMILES string of the molecule is Nc1ccc(N(c2ccc(N)c(S(=O)(=O)O)c2)S(=O)(=O)S(=O)(=O)OS(=O)(=O)O)cc1S(=O)(=O)O. The number of rotatable bonds is 8. The van der Waals surface area contributed by atoms with E-state index < -0.39 is 81.4 Å². The van der Waals surface area contributed by atoms with Gasteiger partial charge in [-0.3, -0.25) is 13.7 Å². The molecule has 0 spiro atoms. The molecule has 0 aliphatic rings. The number of nitrogens with two attached hydrogens (primary N) is 2. The summed E-state index contributed by atoms with van der Waals surface area (Å²) in [4.78, 5) is -2.27. The maximum atomic E-state index is 12.9. The summed E-state index contributed by atoms with van der Waals surface area (Å²) in [6.07, 6.45) is 0. The lowest BCUT2D eigenvalue weighted by atomic mass is 10.2. The van der Waals surface area contributed by atoms with Crippen molar-refractivity contribution in [2.24, 2.45) is 0 Å². The number of anilines is 4. The van der Waals surface area contributed by atoms with Gasteiger partial charge in [0.1, 0.15) is 9.79 Å². The molecule has 7 N–H and O–H groups in total. The van der Waals surface area contributed by atoms with Crippen LogP contribution in [-0.2, 0) is 52.5 Å². The van der Waals surface area contributed by atoms with Crippen LogP contribution in [-0.4, -0.2) is 55.7 Å². The zero-order chi connectivity index (χ0) is 26.5. The molecule has 0 saturated carbocycles. The Balaban J connectivity index is 3.01. The van der Waals surface area contributed by atoms with Crippen molar-refractivity contribution in [1.29, 1.82) is 0 Å². The van der Waals surface area contributed by atoms with Gasteiger partial charge in [-0.25, -0.2) is 4.31 Å². The van der Waals surface area contributed by atoms with E-state index in [1.807, 2.05) is 0 Å². The third-order valence-corrected chi connectivity index (χ3v) is 10.7. The van der Waals surface area contributed by atoms with E-state index in [0.717, 1.165) is 0 Å². The summed E-state index contributed by atoms with van der Waals surface area (Å²) in [6.45, 7) is 0. The zero-order valence-corrected chi connectivity index (χ0v) is 20.0. The van der Waals surface area contributed by atoms with Crippen LogP contribution in [0.2, 0.25) is 0 Å². The Labute approximate surface area is 192 Å². The molecule has 0 radical (unpaired) electrons.